The van der Waals surface area contributed by atoms with Crippen molar-refractivity contribution in [1.29, 1.82) is 0 Å². The van der Waals surface area contributed by atoms with Gasteiger partial charge in [0.05, 0.1) is 20.4 Å². The molecule has 0 saturated heterocycles. The summed E-state index contributed by atoms with van der Waals surface area (Å²) in [4.78, 5) is 0. The highest BCUT2D eigenvalue weighted by atomic mass is 31.2. The van der Waals surface area contributed by atoms with E-state index in [0.717, 1.165) is 0 Å². The molecule has 0 spiro atoms. The van der Waals surface area contributed by atoms with E-state index in [4.69, 9.17) is 14.8 Å². The summed E-state index contributed by atoms with van der Waals surface area (Å²) >= 11 is 0. The minimum Gasteiger partial charge on any atom is -0.330 e. The molecule has 0 aliphatic rings. The molecule has 16 heavy (non-hydrogen) atoms. The van der Waals surface area contributed by atoms with E-state index in [2.05, 4.69) is 0 Å². The van der Waals surface area contributed by atoms with E-state index in [0.29, 0.717) is 13.0 Å². The molecule has 0 radical (unpaired) electrons. The van der Waals surface area contributed by atoms with Crippen LogP contribution in [-0.4, -0.2) is 38.5 Å². The Balaban J connectivity index is 5.10. The van der Waals surface area contributed by atoms with Gasteiger partial charge in [0, 0.05) is 0 Å². The lowest BCUT2D eigenvalue weighted by Gasteiger charge is -2.28. The lowest BCUT2D eigenvalue weighted by atomic mass is 10.5. The van der Waals surface area contributed by atoms with Gasteiger partial charge < -0.3 is 19.3 Å². The van der Waals surface area contributed by atoms with Crippen LogP contribution in [0.4, 0.5) is 0 Å². The molecule has 0 rings (SSSR count). The lowest BCUT2D eigenvalue weighted by molar-refractivity contribution is 0.217. The molecule has 0 aliphatic carbocycles. The van der Waals surface area contributed by atoms with E-state index >= 15 is 0 Å². The Morgan fingerprint density at radius 3 is 1.81 bits per heavy atom. The second kappa shape index (κ2) is 6.93. The van der Waals surface area contributed by atoms with Crippen molar-refractivity contribution in [2.45, 2.75) is 25.7 Å². The Kier molecular flexibility index (Phi) is 7.07. The fraction of sp³-hybridized carbons (Fsp3) is 1.00. The van der Waals surface area contributed by atoms with Crippen molar-refractivity contribution in [1.82, 2.24) is 0 Å². The third-order valence-electron chi connectivity index (χ3n) is 2.13. The van der Waals surface area contributed by atoms with Crippen LogP contribution in [0.25, 0.3) is 0 Å². The second-order valence-electron chi connectivity index (χ2n) is 3.87. The van der Waals surface area contributed by atoms with Crippen LogP contribution in [0.5, 0.6) is 0 Å². The fourth-order valence-corrected chi connectivity index (χ4v) is 7.03. The van der Waals surface area contributed by atoms with Crippen LogP contribution in [0.1, 0.15) is 20.3 Å². The second-order valence-corrected chi connectivity index (χ2v) is 9.99. The van der Waals surface area contributed by atoms with Crippen molar-refractivity contribution in [3.05, 3.63) is 0 Å². The van der Waals surface area contributed by atoms with Gasteiger partial charge in [0.2, 0.25) is 0 Å². The zero-order valence-electron chi connectivity index (χ0n) is 10.5. The molecule has 7 heteroatoms. The molecule has 5 nitrogen and oxygen atoms in total. The zero-order chi connectivity index (χ0) is 12.8. The number of hydrogen-bond acceptors (Lipinski definition) is 5. The zero-order valence-corrected chi connectivity index (χ0v) is 12.3. The predicted molar refractivity (Wildman–Crippen MR) is 67.8 cm³/mol. The Bertz CT molecular complexity index is 279. The Labute approximate surface area is 98.0 Å². The van der Waals surface area contributed by atoms with Crippen LogP contribution in [-0.2, 0) is 18.2 Å². The molecule has 0 amide bonds. The first-order valence-electron chi connectivity index (χ1n) is 5.45. The van der Waals surface area contributed by atoms with Gasteiger partial charge in [0.15, 0.2) is 0 Å². The SMILES string of the molecule is CCOP(=O)(OCC)C(CCN)P(C)(C)=O. The molecule has 0 aromatic carbocycles. The van der Waals surface area contributed by atoms with Gasteiger partial charge in [-0.05, 0) is 40.1 Å². The van der Waals surface area contributed by atoms with Crippen molar-refractivity contribution in [2.24, 2.45) is 5.73 Å². The minimum absolute atomic E-state index is 0.276. The first-order valence-corrected chi connectivity index (χ1v) is 9.73. The van der Waals surface area contributed by atoms with Crippen molar-refractivity contribution in [3.8, 4) is 0 Å². The summed E-state index contributed by atoms with van der Waals surface area (Å²) in [5, 5.41) is -0.593. The lowest BCUT2D eigenvalue weighted by Crippen LogP contribution is -2.17. The van der Waals surface area contributed by atoms with Crippen LogP contribution < -0.4 is 5.73 Å². The summed E-state index contributed by atoms with van der Waals surface area (Å²) in [5.41, 5.74) is 5.46. The third kappa shape index (κ3) is 4.68. The van der Waals surface area contributed by atoms with Crippen LogP contribution in [0, 0.1) is 0 Å². The Hall–Kier alpha value is 0.340. The van der Waals surface area contributed by atoms with E-state index in [1.165, 1.54) is 0 Å². The van der Waals surface area contributed by atoms with Crippen molar-refractivity contribution in [3.63, 3.8) is 0 Å². The molecule has 0 heterocycles. The molecule has 0 saturated carbocycles. The monoisotopic (exact) mass is 271 g/mol. The quantitative estimate of drug-likeness (QED) is 0.686. The van der Waals surface area contributed by atoms with Crippen molar-refractivity contribution < 1.29 is 18.2 Å². The maximum Gasteiger partial charge on any atom is 0.341 e. The predicted octanol–water partition coefficient (Wildman–Crippen LogP) is 2.55. The molecule has 0 bridgehead atoms. The summed E-state index contributed by atoms with van der Waals surface area (Å²) in [6, 6.07) is 0. The molecular weight excluding hydrogens is 248 g/mol. The van der Waals surface area contributed by atoms with E-state index in [1.807, 2.05) is 0 Å². The molecule has 0 aromatic heterocycles. The van der Waals surface area contributed by atoms with Crippen LogP contribution in [0.2, 0.25) is 0 Å². The highest BCUT2D eigenvalue weighted by molar-refractivity contribution is 7.77. The van der Waals surface area contributed by atoms with Gasteiger partial charge in [-0.25, -0.2) is 0 Å². The van der Waals surface area contributed by atoms with Gasteiger partial charge in [0.1, 0.15) is 5.40 Å². The van der Waals surface area contributed by atoms with Crippen molar-refractivity contribution in [2.75, 3.05) is 33.1 Å². The molecule has 0 aliphatic heterocycles. The van der Waals surface area contributed by atoms with Gasteiger partial charge in [-0.15, -0.1) is 0 Å². The Morgan fingerprint density at radius 2 is 1.56 bits per heavy atom. The maximum absolute atomic E-state index is 12.5. The average Bonchev–Trinajstić information content (AvgIpc) is 2.13. The molecule has 98 valence electrons. The molecular formula is C9H23NO4P2. The summed E-state index contributed by atoms with van der Waals surface area (Å²) in [6.45, 7) is 7.54. The third-order valence-corrected chi connectivity index (χ3v) is 8.56. The highest BCUT2D eigenvalue weighted by Gasteiger charge is 2.42. The molecule has 2 N–H and O–H groups in total. The highest BCUT2D eigenvalue weighted by Crippen LogP contribution is 2.67. The van der Waals surface area contributed by atoms with Gasteiger partial charge in [-0.1, -0.05) is 0 Å². The van der Waals surface area contributed by atoms with Crippen LogP contribution in [0.3, 0.4) is 0 Å². The minimum atomic E-state index is -3.31. The average molecular weight is 271 g/mol. The van der Waals surface area contributed by atoms with E-state index in [1.54, 1.807) is 27.2 Å². The first kappa shape index (κ1) is 16.3. The molecule has 1 atom stereocenters. The Morgan fingerprint density at radius 1 is 1.12 bits per heavy atom. The van der Waals surface area contributed by atoms with Crippen molar-refractivity contribution >= 4 is 14.7 Å². The largest absolute Gasteiger partial charge is 0.341 e. The smallest absolute Gasteiger partial charge is 0.330 e. The summed E-state index contributed by atoms with van der Waals surface area (Å²) < 4.78 is 35.0. The van der Waals surface area contributed by atoms with Crippen LogP contribution >= 0.6 is 14.7 Å². The molecule has 0 aromatic rings. The normalized spacial score (nSPS) is 15.1. The standard InChI is InChI=1S/C9H23NO4P2/c1-5-13-16(12,14-6-2)9(7-8-10)15(3,4)11/h9H,5-8,10H2,1-4H3. The van der Waals surface area contributed by atoms with E-state index < -0.39 is 20.1 Å². The summed E-state index contributed by atoms with van der Waals surface area (Å²) in [5.74, 6) is 0. The molecule has 1 unspecified atom stereocenters. The van der Waals surface area contributed by atoms with E-state index in [-0.39, 0.29) is 13.2 Å². The van der Waals surface area contributed by atoms with Gasteiger partial charge in [0.25, 0.3) is 0 Å². The van der Waals surface area contributed by atoms with E-state index in [9.17, 15) is 9.13 Å². The topological polar surface area (TPSA) is 78.6 Å². The number of hydrogen-bond donors (Lipinski definition) is 1. The fourth-order valence-electron chi connectivity index (χ4n) is 1.53. The van der Waals surface area contributed by atoms with Gasteiger partial charge in [-0.3, -0.25) is 4.57 Å². The van der Waals surface area contributed by atoms with Crippen LogP contribution in [0.15, 0.2) is 0 Å². The first-order chi connectivity index (χ1) is 7.31. The summed E-state index contributed by atoms with van der Waals surface area (Å²) in [7, 11) is -5.88. The van der Waals surface area contributed by atoms with Gasteiger partial charge >= 0.3 is 7.60 Å². The van der Waals surface area contributed by atoms with Gasteiger partial charge in [-0.2, -0.15) is 0 Å². The number of rotatable bonds is 8. The number of nitrogens with two attached hydrogens (primary N) is 1. The summed E-state index contributed by atoms with van der Waals surface area (Å²) in [6.07, 6.45) is 0.390. The molecule has 0 fully saturated rings. The maximum atomic E-state index is 12.5.